The van der Waals surface area contributed by atoms with E-state index in [2.05, 4.69) is 5.32 Å². The van der Waals surface area contributed by atoms with Crippen molar-refractivity contribution < 1.29 is 9.53 Å². The molecule has 0 spiro atoms. The van der Waals surface area contributed by atoms with Crippen LogP contribution in [0.1, 0.15) is 6.92 Å². The number of carbonyl (C=O) groups excluding carboxylic acids is 1. The van der Waals surface area contributed by atoms with E-state index in [1.54, 1.807) is 7.11 Å². The molecule has 0 aliphatic rings. The molecule has 1 aromatic heterocycles. The number of amides is 1. The maximum Gasteiger partial charge on any atom is 0.240 e. The molecule has 0 fully saturated rings. The van der Waals surface area contributed by atoms with Crippen LogP contribution in [-0.2, 0) is 16.1 Å². The number of nitrogens with one attached hydrogen (secondary N) is 1. The Morgan fingerprint density at radius 3 is 3.00 bits per heavy atom. The van der Waals surface area contributed by atoms with Crippen molar-refractivity contribution in [1.82, 2.24) is 9.88 Å². The monoisotopic (exact) mass is 280 g/mol. The molecule has 4 nitrogen and oxygen atoms in total. The summed E-state index contributed by atoms with van der Waals surface area (Å²) >= 11 is 5.93. The molecule has 2 aromatic rings. The van der Waals surface area contributed by atoms with E-state index in [0.29, 0.717) is 18.2 Å². The Bertz CT molecular complexity index is 580. The molecule has 1 unspecified atom stereocenters. The molecule has 5 heteroatoms. The minimum absolute atomic E-state index is 0.00812. The third-order valence-corrected chi connectivity index (χ3v) is 3.11. The second-order valence-corrected chi connectivity index (χ2v) is 5.01. The van der Waals surface area contributed by atoms with Crippen molar-refractivity contribution in [3.05, 3.63) is 35.5 Å². The van der Waals surface area contributed by atoms with Crippen LogP contribution in [-0.4, -0.2) is 30.2 Å². The Kier molecular flexibility index (Phi) is 4.45. The van der Waals surface area contributed by atoms with Crippen molar-refractivity contribution in [3.8, 4) is 0 Å². The van der Waals surface area contributed by atoms with Gasteiger partial charge in [0, 0.05) is 35.3 Å². The van der Waals surface area contributed by atoms with Crippen molar-refractivity contribution in [1.29, 1.82) is 0 Å². The number of aromatic nitrogens is 1. The van der Waals surface area contributed by atoms with Gasteiger partial charge in [0.1, 0.15) is 6.54 Å². The van der Waals surface area contributed by atoms with Crippen molar-refractivity contribution in [2.45, 2.75) is 19.5 Å². The second kappa shape index (κ2) is 6.08. The third kappa shape index (κ3) is 3.49. The Labute approximate surface area is 117 Å². The van der Waals surface area contributed by atoms with E-state index in [1.165, 1.54) is 0 Å². The fourth-order valence-corrected chi connectivity index (χ4v) is 2.26. The highest BCUT2D eigenvalue weighted by Crippen LogP contribution is 2.20. The van der Waals surface area contributed by atoms with Gasteiger partial charge in [-0.05, 0) is 31.2 Å². The first-order valence-corrected chi connectivity index (χ1v) is 6.50. The summed E-state index contributed by atoms with van der Waals surface area (Å²) in [6, 6.07) is 7.59. The van der Waals surface area contributed by atoms with Crippen LogP contribution in [0.25, 0.3) is 10.9 Å². The number of rotatable bonds is 5. The number of carbonyl (C=O) groups is 1. The minimum Gasteiger partial charge on any atom is -0.383 e. The highest BCUT2D eigenvalue weighted by Gasteiger charge is 2.09. The second-order valence-electron chi connectivity index (χ2n) is 4.57. The van der Waals surface area contributed by atoms with Gasteiger partial charge >= 0.3 is 0 Å². The number of methoxy groups -OCH3 is 1. The molecule has 0 aliphatic heterocycles. The molecule has 1 N–H and O–H groups in total. The van der Waals surface area contributed by atoms with Crippen LogP contribution in [0.2, 0.25) is 5.02 Å². The van der Waals surface area contributed by atoms with Gasteiger partial charge in [-0.2, -0.15) is 0 Å². The minimum atomic E-state index is -0.0306. The summed E-state index contributed by atoms with van der Waals surface area (Å²) in [6.45, 7) is 2.71. The number of ether oxygens (including phenoxy) is 1. The van der Waals surface area contributed by atoms with E-state index in [4.69, 9.17) is 16.3 Å². The normalized spacial score (nSPS) is 12.6. The van der Waals surface area contributed by atoms with Crippen LogP contribution < -0.4 is 5.32 Å². The largest absolute Gasteiger partial charge is 0.383 e. The fourth-order valence-electron chi connectivity index (χ4n) is 2.08. The Morgan fingerprint density at radius 1 is 1.47 bits per heavy atom. The molecular weight excluding hydrogens is 264 g/mol. The Balaban J connectivity index is 2.07. The molecule has 2 rings (SSSR count). The molecule has 19 heavy (non-hydrogen) atoms. The Hall–Kier alpha value is -1.52. The summed E-state index contributed by atoms with van der Waals surface area (Å²) in [7, 11) is 1.62. The standard InChI is InChI=1S/C14H17ClN2O2/c1-10(9-19-2)16-14(18)8-17-6-5-11-7-12(15)3-4-13(11)17/h3-7,10H,8-9H2,1-2H3,(H,16,18). The summed E-state index contributed by atoms with van der Waals surface area (Å²) in [5.41, 5.74) is 0.999. The van der Waals surface area contributed by atoms with Crippen molar-refractivity contribution in [2.75, 3.05) is 13.7 Å². The van der Waals surface area contributed by atoms with Crippen molar-refractivity contribution >= 4 is 28.4 Å². The summed E-state index contributed by atoms with van der Waals surface area (Å²) in [4.78, 5) is 11.9. The molecule has 102 valence electrons. The molecule has 0 saturated carbocycles. The first-order valence-electron chi connectivity index (χ1n) is 6.13. The lowest BCUT2D eigenvalue weighted by molar-refractivity contribution is -0.122. The van der Waals surface area contributed by atoms with E-state index < -0.39 is 0 Å². The molecule has 1 atom stereocenters. The summed E-state index contributed by atoms with van der Waals surface area (Å²) in [6.07, 6.45) is 1.89. The van der Waals surface area contributed by atoms with Crippen LogP contribution >= 0.6 is 11.6 Å². The lowest BCUT2D eigenvalue weighted by Crippen LogP contribution is -2.37. The SMILES string of the molecule is COCC(C)NC(=O)Cn1ccc2cc(Cl)ccc21. The van der Waals surface area contributed by atoms with E-state index >= 15 is 0 Å². The van der Waals surface area contributed by atoms with Gasteiger partial charge < -0.3 is 14.6 Å². The van der Waals surface area contributed by atoms with Gasteiger partial charge in [0.05, 0.1) is 6.61 Å². The fraction of sp³-hybridized carbons (Fsp3) is 0.357. The number of halogens is 1. The predicted octanol–water partition coefficient (Wildman–Crippen LogP) is 2.45. The maximum absolute atomic E-state index is 11.9. The molecule has 1 amide bonds. The molecular formula is C14H17ClN2O2. The smallest absolute Gasteiger partial charge is 0.240 e. The number of benzene rings is 1. The maximum atomic E-state index is 11.9. The predicted molar refractivity (Wildman–Crippen MR) is 76.4 cm³/mol. The number of hydrogen-bond acceptors (Lipinski definition) is 2. The topological polar surface area (TPSA) is 43.3 Å². The lowest BCUT2D eigenvalue weighted by Gasteiger charge is -2.13. The van der Waals surface area contributed by atoms with Gasteiger partial charge in [0.2, 0.25) is 5.91 Å². The molecule has 0 bridgehead atoms. The molecule has 0 radical (unpaired) electrons. The molecule has 0 saturated heterocycles. The van der Waals surface area contributed by atoms with Gasteiger partial charge in [0.15, 0.2) is 0 Å². The lowest BCUT2D eigenvalue weighted by atomic mass is 10.2. The van der Waals surface area contributed by atoms with Crippen LogP contribution in [0.15, 0.2) is 30.5 Å². The van der Waals surface area contributed by atoms with Gasteiger partial charge in [-0.1, -0.05) is 11.6 Å². The van der Waals surface area contributed by atoms with E-state index in [1.807, 2.05) is 42.0 Å². The zero-order valence-electron chi connectivity index (χ0n) is 11.0. The van der Waals surface area contributed by atoms with E-state index in [-0.39, 0.29) is 11.9 Å². The number of nitrogens with zero attached hydrogens (tertiary/aromatic N) is 1. The van der Waals surface area contributed by atoms with Gasteiger partial charge in [-0.25, -0.2) is 0 Å². The van der Waals surface area contributed by atoms with Gasteiger partial charge in [0.25, 0.3) is 0 Å². The first-order chi connectivity index (χ1) is 9.10. The quantitative estimate of drug-likeness (QED) is 0.914. The zero-order valence-corrected chi connectivity index (χ0v) is 11.8. The Morgan fingerprint density at radius 2 is 2.26 bits per heavy atom. The van der Waals surface area contributed by atoms with Crippen molar-refractivity contribution in [2.24, 2.45) is 0 Å². The average molecular weight is 281 g/mol. The van der Waals surface area contributed by atoms with Crippen LogP contribution in [0.5, 0.6) is 0 Å². The van der Waals surface area contributed by atoms with E-state index in [9.17, 15) is 4.79 Å². The summed E-state index contributed by atoms with van der Waals surface area (Å²) < 4.78 is 6.89. The number of hydrogen-bond donors (Lipinski definition) is 1. The van der Waals surface area contributed by atoms with Crippen LogP contribution in [0, 0.1) is 0 Å². The summed E-state index contributed by atoms with van der Waals surface area (Å²) in [5.74, 6) is -0.0306. The molecule has 1 aromatic carbocycles. The average Bonchev–Trinajstić information content (AvgIpc) is 2.71. The highest BCUT2D eigenvalue weighted by atomic mass is 35.5. The molecule has 0 aliphatic carbocycles. The van der Waals surface area contributed by atoms with Gasteiger partial charge in [-0.3, -0.25) is 4.79 Å². The summed E-state index contributed by atoms with van der Waals surface area (Å²) in [5, 5.41) is 4.61. The zero-order chi connectivity index (χ0) is 13.8. The third-order valence-electron chi connectivity index (χ3n) is 2.87. The molecule has 1 heterocycles. The van der Waals surface area contributed by atoms with Crippen molar-refractivity contribution in [3.63, 3.8) is 0 Å². The van der Waals surface area contributed by atoms with Crippen LogP contribution in [0.3, 0.4) is 0 Å². The first kappa shape index (κ1) is 13.9. The van der Waals surface area contributed by atoms with E-state index in [0.717, 1.165) is 10.9 Å². The highest BCUT2D eigenvalue weighted by molar-refractivity contribution is 6.31. The number of fused-ring (bicyclic) bond motifs is 1. The van der Waals surface area contributed by atoms with Gasteiger partial charge in [-0.15, -0.1) is 0 Å². The van der Waals surface area contributed by atoms with Crippen LogP contribution in [0.4, 0.5) is 0 Å².